The number of thioether (sulfide) groups is 1. The van der Waals surface area contributed by atoms with Crippen LogP contribution in [0.2, 0.25) is 0 Å². The lowest BCUT2D eigenvalue weighted by molar-refractivity contribution is -0.148. The molecule has 1 saturated heterocycles. The quantitative estimate of drug-likeness (QED) is 0.693. The highest BCUT2D eigenvalue weighted by atomic mass is 32.2. The Morgan fingerprint density at radius 1 is 1.18 bits per heavy atom. The molecule has 2 fully saturated rings. The molecule has 0 spiro atoms. The van der Waals surface area contributed by atoms with E-state index in [9.17, 15) is 9.59 Å². The van der Waals surface area contributed by atoms with E-state index in [4.69, 9.17) is 4.74 Å². The molecule has 1 aliphatic heterocycles. The third kappa shape index (κ3) is 4.65. The minimum Gasteiger partial charge on any atom is -0.464 e. The summed E-state index contributed by atoms with van der Waals surface area (Å²) in [5.74, 6) is 0.792. The number of nitrogens with one attached hydrogen (secondary N) is 1. The van der Waals surface area contributed by atoms with Gasteiger partial charge in [0.2, 0.25) is 0 Å². The predicted molar refractivity (Wildman–Crippen MR) is 115 cm³/mol. The number of nitrogens with zero attached hydrogens (tertiary/aromatic N) is 1. The van der Waals surface area contributed by atoms with E-state index in [0.717, 1.165) is 36.1 Å². The van der Waals surface area contributed by atoms with Gasteiger partial charge in [0.1, 0.15) is 6.04 Å². The van der Waals surface area contributed by atoms with Gasteiger partial charge in [-0.15, -0.1) is 11.8 Å². The van der Waals surface area contributed by atoms with Crippen molar-refractivity contribution >= 4 is 29.4 Å². The van der Waals surface area contributed by atoms with Crippen molar-refractivity contribution in [2.24, 2.45) is 5.92 Å². The average molecular weight is 405 g/mol. The van der Waals surface area contributed by atoms with E-state index < -0.39 is 6.04 Å². The molecule has 1 aromatic rings. The molecule has 5 nitrogen and oxygen atoms in total. The fraction of sp³-hybridized carbons (Fsp3) is 0.636. The van der Waals surface area contributed by atoms with Crippen LogP contribution in [0.25, 0.3) is 0 Å². The predicted octanol–water partition coefficient (Wildman–Crippen LogP) is 5.11. The molecule has 0 aromatic heterocycles. The van der Waals surface area contributed by atoms with Crippen molar-refractivity contribution in [1.29, 1.82) is 0 Å². The number of urea groups is 1. The number of rotatable bonds is 5. The molecule has 0 bridgehead atoms. The van der Waals surface area contributed by atoms with Crippen molar-refractivity contribution in [1.82, 2.24) is 4.90 Å². The van der Waals surface area contributed by atoms with Crippen molar-refractivity contribution < 1.29 is 14.3 Å². The van der Waals surface area contributed by atoms with Gasteiger partial charge in [-0.2, -0.15) is 0 Å². The van der Waals surface area contributed by atoms with Crippen LogP contribution in [-0.2, 0) is 9.53 Å². The largest absolute Gasteiger partial charge is 0.464 e. The topological polar surface area (TPSA) is 58.6 Å². The number of hydrogen-bond acceptors (Lipinski definition) is 4. The molecule has 2 amide bonds. The molecule has 1 aromatic carbocycles. The molecular weight excluding hydrogens is 372 g/mol. The molecule has 0 radical (unpaired) electrons. The summed E-state index contributed by atoms with van der Waals surface area (Å²) in [6.07, 6.45) is 6.72. The van der Waals surface area contributed by atoms with Crippen LogP contribution in [0.1, 0.15) is 56.6 Å². The number of carbonyl (C=O) groups is 2. The summed E-state index contributed by atoms with van der Waals surface area (Å²) in [5, 5.41) is 3.14. The maximum Gasteiger partial charge on any atom is 0.329 e. The lowest BCUT2D eigenvalue weighted by atomic mass is 9.88. The summed E-state index contributed by atoms with van der Waals surface area (Å²) in [6.45, 7) is 6.37. The highest BCUT2D eigenvalue weighted by Gasteiger charge is 2.45. The molecule has 1 heterocycles. The molecule has 2 unspecified atom stereocenters. The Balaban J connectivity index is 1.82. The zero-order chi connectivity index (χ0) is 20.1. The van der Waals surface area contributed by atoms with E-state index in [1.165, 1.54) is 19.3 Å². The van der Waals surface area contributed by atoms with Crippen molar-refractivity contribution in [3.05, 3.63) is 29.3 Å². The maximum absolute atomic E-state index is 13.4. The summed E-state index contributed by atoms with van der Waals surface area (Å²) >= 11 is 1.74. The van der Waals surface area contributed by atoms with E-state index >= 15 is 0 Å². The smallest absolute Gasteiger partial charge is 0.329 e. The summed E-state index contributed by atoms with van der Waals surface area (Å²) < 4.78 is 5.41. The molecule has 1 N–H and O–H groups in total. The van der Waals surface area contributed by atoms with Crippen LogP contribution in [0.5, 0.6) is 0 Å². The number of ether oxygens (including phenoxy) is 1. The first-order chi connectivity index (χ1) is 13.5. The van der Waals surface area contributed by atoms with Gasteiger partial charge >= 0.3 is 12.0 Å². The number of aryl methyl sites for hydroxylation is 2. The fourth-order valence-electron chi connectivity index (χ4n) is 4.23. The number of para-hydroxylation sites is 1. The van der Waals surface area contributed by atoms with Gasteiger partial charge in [0, 0.05) is 11.4 Å². The third-order valence-electron chi connectivity index (χ3n) is 5.76. The molecule has 2 aliphatic rings. The highest BCUT2D eigenvalue weighted by molar-refractivity contribution is 8.00. The van der Waals surface area contributed by atoms with Gasteiger partial charge in [-0.3, -0.25) is 4.90 Å². The van der Waals surface area contributed by atoms with Crippen LogP contribution in [0, 0.1) is 19.8 Å². The Hall–Kier alpha value is -1.69. The van der Waals surface area contributed by atoms with Crippen molar-refractivity contribution in [2.75, 3.05) is 17.7 Å². The average Bonchev–Trinajstić information content (AvgIpc) is 3.15. The number of hydrogen-bond donors (Lipinski definition) is 1. The van der Waals surface area contributed by atoms with Crippen LogP contribution in [0.3, 0.4) is 0 Å². The monoisotopic (exact) mass is 404 g/mol. The number of amides is 2. The van der Waals surface area contributed by atoms with Crippen LogP contribution < -0.4 is 5.32 Å². The minimum atomic E-state index is -0.507. The first-order valence-corrected chi connectivity index (χ1v) is 11.5. The van der Waals surface area contributed by atoms with Gasteiger partial charge in [-0.25, -0.2) is 9.59 Å². The van der Waals surface area contributed by atoms with Gasteiger partial charge in [0.15, 0.2) is 0 Å². The summed E-state index contributed by atoms with van der Waals surface area (Å²) in [5.41, 5.74) is 2.89. The molecule has 28 heavy (non-hydrogen) atoms. The SMILES string of the molecule is CCCOC(=O)C1CSC(C2CCCCC2)N1C(=O)Nc1c(C)cccc1C. The second kappa shape index (κ2) is 9.68. The fourth-order valence-corrected chi connectivity index (χ4v) is 5.85. The lowest BCUT2D eigenvalue weighted by Gasteiger charge is -2.35. The van der Waals surface area contributed by atoms with Crippen molar-refractivity contribution in [3.63, 3.8) is 0 Å². The number of esters is 1. The van der Waals surface area contributed by atoms with Gasteiger partial charge in [-0.05, 0) is 50.2 Å². The number of anilines is 1. The summed E-state index contributed by atoms with van der Waals surface area (Å²) in [4.78, 5) is 27.8. The Labute approximate surface area is 172 Å². The van der Waals surface area contributed by atoms with E-state index in [2.05, 4.69) is 5.32 Å². The lowest BCUT2D eigenvalue weighted by Crippen LogP contribution is -2.50. The van der Waals surface area contributed by atoms with Crippen LogP contribution in [-0.4, -0.2) is 40.7 Å². The van der Waals surface area contributed by atoms with Crippen LogP contribution >= 0.6 is 11.8 Å². The van der Waals surface area contributed by atoms with Gasteiger partial charge in [0.25, 0.3) is 0 Å². The molecule has 3 rings (SSSR count). The summed E-state index contributed by atoms with van der Waals surface area (Å²) in [6, 6.07) is 5.28. The Morgan fingerprint density at radius 2 is 1.86 bits per heavy atom. The summed E-state index contributed by atoms with van der Waals surface area (Å²) in [7, 11) is 0. The zero-order valence-electron chi connectivity index (χ0n) is 17.2. The number of benzene rings is 1. The number of carbonyl (C=O) groups excluding carboxylic acids is 2. The van der Waals surface area contributed by atoms with Crippen LogP contribution in [0.4, 0.5) is 10.5 Å². The molecule has 1 aliphatic carbocycles. The van der Waals surface area contributed by atoms with E-state index in [1.807, 2.05) is 39.0 Å². The van der Waals surface area contributed by atoms with Gasteiger partial charge in [-0.1, -0.05) is 44.4 Å². The van der Waals surface area contributed by atoms with E-state index in [0.29, 0.717) is 18.3 Å². The van der Waals surface area contributed by atoms with Crippen LogP contribution in [0.15, 0.2) is 18.2 Å². The maximum atomic E-state index is 13.4. The highest BCUT2D eigenvalue weighted by Crippen LogP contribution is 2.41. The van der Waals surface area contributed by atoms with E-state index in [1.54, 1.807) is 16.7 Å². The molecule has 2 atom stereocenters. The third-order valence-corrected chi connectivity index (χ3v) is 7.22. The minimum absolute atomic E-state index is 0.0452. The molecule has 1 saturated carbocycles. The normalized spacial score (nSPS) is 22.9. The first-order valence-electron chi connectivity index (χ1n) is 10.5. The Kier molecular flexibility index (Phi) is 7.27. The van der Waals surface area contributed by atoms with Crippen molar-refractivity contribution in [2.45, 2.75) is 70.7 Å². The van der Waals surface area contributed by atoms with Crippen molar-refractivity contribution in [3.8, 4) is 0 Å². The molecular formula is C22H32N2O3S. The van der Waals surface area contributed by atoms with E-state index in [-0.39, 0.29) is 17.4 Å². The second-order valence-electron chi connectivity index (χ2n) is 7.91. The standard InChI is InChI=1S/C22H32N2O3S/c1-4-13-27-21(25)18-14-28-20(17-11-6-5-7-12-17)24(18)22(26)23-19-15(2)9-8-10-16(19)3/h8-10,17-18,20H,4-7,11-14H2,1-3H3,(H,23,26). The molecule has 6 heteroatoms. The van der Waals surface area contributed by atoms with Gasteiger partial charge in [0.05, 0.1) is 12.0 Å². The Bertz CT molecular complexity index is 683. The van der Waals surface area contributed by atoms with Gasteiger partial charge < -0.3 is 10.1 Å². The second-order valence-corrected chi connectivity index (χ2v) is 9.06. The first kappa shape index (κ1) is 21.0. The zero-order valence-corrected chi connectivity index (χ0v) is 18.0. The molecule has 154 valence electrons. The Morgan fingerprint density at radius 3 is 2.50 bits per heavy atom.